The predicted octanol–water partition coefficient (Wildman–Crippen LogP) is 9.68. The number of rotatable bonds is 7. The minimum Gasteiger partial charge on any atom is -0.506 e. The van der Waals surface area contributed by atoms with Gasteiger partial charge in [0.05, 0.1) is 25.9 Å². The Kier molecular flexibility index (Phi) is 13.0. The first-order valence-electron chi connectivity index (χ1n) is 17.2. The third-order valence-electron chi connectivity index (χ3n) is 10.9. The molecule has 12 heteroatoms. The lowest BCUT2D eigenvalue weighted by Crippen LogP contribution is -2.43. The molecule has 52 heavy (non-hydrogen) atoms. The van der Waals surface area contributed by atoms with Gasteiger partial charge in [0.2, 0.25) is 0 Å². The summed E-state index contributed by atoms with van der Waals surface area (Å²) in [4.78, 5) is 23.3. The second kappa shape index (κ2) is 17.0. The van der Waals surface area contributed by atoms with Crippen LogP contribution >= 0.6 is 90.4 Å². The maximum absolute atomic E-state index is 12.4. The highest BCUT2D eigenvalue weighted by Gasteiger charge is 2.54. The van der Waals surface area contributed by atoms with Crippen molar-refractivity contribution in [3.05, 3.63) is 109 Å². The van der Waals surface area contributed by atoms with E-state index in [0.29, 0.717) is 47.7 Å². The van der Waals surface area contributed by atoms with Gasteiger partial charge >= 0.3 is 11.9 Å². The molecule has 7 rings (SSSR count). The number of hydrogen-bond donors (Lipinski definition) is 4. The van der Waals surface area contributed by atoms with E-state index in [1.807, 2.05) is 36.4 Å². The first-order chi connectivity index (χ1) is 24.7. The van der Waals surface area contributed by atoms with Crippen molar-refractivity contribution in [2.45, 2.75) is 69.9 Å². The summed E-state index contributed by atoms with van der Waals surface area (Å²) < 4.78 is 14.8. The third-order valence-corrected chi connectivity index (χ3v) is 14.2. The molecule has 4 aromatic rings. The average molecular weight is 1150 g/mol. The van der Waals surface area contributed by atoms with Crippen molar-refractivity contribution in [2.75, 3.05) is 0 Å². The third kappa shape index (κ3) is 8.71. The SMILES string of the molecule is C[C@]12CC[C@@H]3c4ccc(OC(=O)c5ccccc5)cc4CC[C@H]3[C@@H]1CC[C@@H]2O.N[C@@H](Cc1cc(I)c(Oc2cc(I)c(O)c(I)c2)c(I)c1)C(=O)O. The Morgan fingerprint density at radius 1 is 0.885 bits per heavy atom. The normalized spacial score (nSPS) is 23.6. The summed E-state index contributed by atoms with van der Waals surface area (Å²) in [5.74, 6) is 2.80. The molecule has 0 aliphatic heterocycles. The zero-order chi connectivity index (χ0) is 37.3. The number of hydrogen-bond acceptors (Lipinski definition) is 7. The number of carbonyl (C=O) groups excluding carboxylic acids is 1. The number of phenolic OH excluding ortho intramolecular Hbond substituents is 1. The maximum Gasteiger partial charge on any atom is 0.343 e. The molecule has 0 saturated heterocycles. The molecule has 3 aliphatic carbocycles. The fourth-order valence-corrected chi connectivity index (χ4v) is 12.1. The number of nitrogens with two attached hydrogens (primary N) is 1. The van der Waals surface area contributed by atoms with Gasteiger partial charge in [-0.1, -0.05) is 31.2 Å². The van der Waals surface area contributed by atoms with Crippen LogP contribution < -0.4 is 15.2 Å². The summed E-state index contributed by atoms with van der Waals surface area (Å²) in [7, 11) is 0. The molecule has 0 bridgehead atoms. The summed E-state index contributed by atoms with van der Waals surface area (Å²) in [6.07, 6.45) is 6.76. The number of aliphatic carboxylic acids is 1. The summed E-state index contributed by atoms with van der Waals surface area (Å²) in [5, 5.41) is 29.3. The lowest BCUT2D eigenvalue weighted by atomic mass is 9.55. The number of carbonyl (C=O) groups is 2. The first kappa shape index (κ1) is 39.9. The van der Waals surface area contributed by atoms with E-state index >= 15 is 0 Å². The van der Waals surface area contributed by atoms with Crippen LogP contribution in [0.4, 0.5) is 0 Å². The zero-order valence-corrected chi connectivity index (χ0v) is 37.0. The van der Waals surface area contributed by atoms with Crippen molar-refractivity contribution in [1.82, 2.24) is 0 Å². The zero-order valence-electron chi connectivity index (χ0n) is 28.3. The molecule has 3 aliphatic rings. The highest BCUT2D eigenvalue weighted by Crippen LogP contribution is 2.61. The highest BCUT2D eigenvalue weighted by atomic mass is 127. The predicted molar refractivity (Wildman–Crippen MR) is 233 cm³/mol. The van der Waals surface area contributed by atoms with Gasteiger partial charge in [-0.25, -0.2) is 4.79 Å². The molecule has 2 saturated carbocycles. The molecule has 5 N–H and O–H groups in total. The number of phenols is 1. The van der Waals surface area contributed by atoms with E-state index in [9.17, 15) is 19.8 Å². The van der Waals surface area contributed by atoms with Gasteiger partial charge in [-0.2, -0.15) is 0 Å². The molecule has 2 fully saturated rings. The average Bonchev–Trinajstić information content (AvgIpc) is 3.42. The Morgan fingerprint density at radius 3 is 2.21 bits per heavy atom. The largest absolute Gasteiger partial charge is 0.506 e. The molecule has 0 spiro atoms. The lowest BCUT2D eigenvalue weighted by Gasteiger charge is -2.50. The highest BCUT2D eigenvalue weighted by molar-refractivity contribution is 14.1. The van der Waals surface area contributed by atoms with Crippen molar-refractivity contribution < 1.29 is 34.4 Å². The van der Waals surface area contributed by atoms with Crippen molar-refractivity contribution in [1.29, 1.82) is 0 Å². The monoisotopic (exact) mass is 1150 g/mol. The number of carboxylic acid groups (broad SMARTS) is 1. The number of aliphatic hydroxyl groups is 1. The molecule has 8 nitrogen and oxygen atoms in total. The molecule has 0 amide bonds. The summed E-state index contributed by atoms with van der Waals surface area (Å²) in [5.41, 5.74) is 9.91. The number of esters is 1. The number of aryl methyl sites for hydroxylation is 1. The maximum atomic E-state index is 12.4. The summed E-state index contributed by atoms with van der Waals surface area (Å²) >= 11 is 8.42. The van der Waals surface area contributed by atoms with Crippen LogP contribution in [0.5, 0.6) is 23.0 Å². The number of halogens is 4. The van der Waals surface area contributed by atoms with E-state index in [1.54, 1.807) is 24.3 Å². The van der Waals surface area contributed by atoms with Gasteiger partial charge < -0.3 is 30.5 Å². The Morgan fingerprint density at radius 2 is 1.56 bits per heavy atom. The van der Waals surface area contributed by atoms with Gasteiger partial charge in [0.15, 0.2) is 5.75 Å². The fourth-order valence-electron chi connectivity index (χ4n) is 8.22. The molecule has 4 aromatic carbocycles. The van der Waals surface area contributed by atoms with Gasteiger partial charge in [0, 0.05) is 0 Å². The minimum atomic E-state index is -1.02. The Hall–Kier alpha value is -1.74. The Bertz CT molecular complexity index is 1930. The van der Waals surface area contributed by atoms with Crippen LogP contribution in [0.2, 0.25) is 0 Å². The number of aromatic hydroxyl groups is 1. The molecule has 6 atom stereocenters. The molecular weight excluding hydrogens is 1110 g/mol. The molecular formula is C40H39I4NO7. The summed E-state index contributed by atoms with van der Waals surface area (Å²) in [6.45, 7) is 2.31. The van der Waals surface area contributed by atoms with Crippen LogP contribution in [0.3, 0.4) is 0 Å². The van der Waals surface area contributed by atoms with Crippen LogP contribution in [-0.4, -0.2) is 39.4 Å². The minimum absolute atomic E-state index is 0.115. The number of ether oxygens (including phenoxy) is 2. The van der Waals surface area contributed by atoms with Gasteiger partial charge in [0.25, 0.3) is 0 Å². The van der Waals surface area contributed by atoms with Gasteiger partial charge in [-0.3, -0.25) is 4.79 Å². The van der Waals surface area contributed by atoms with Crippen LogP contribution in [0.25, 0.3) is 0 Å². The van der Waals surface area contributed by atoms with Crippen molar-refractivity contribution in [2.24, 2.45) is 23.0 Å². The number of fused-ring (bicyclic) bond motifs is 5. The molecule has 274 valence electrons. The van der Waals surface area contributed by atoms with Gasteiger partial charge in [-0.05, 0) is 224 Å². The van der Waals surface area contributed by atoms with Crippen LogP contribution in [0.15, 0.2) is 72.8 Å². The van der Waals surface area contributed by atoms with E-state index in [-0.39, 0.29) is 29.7 Å². The number of carboxylic acids is 1. The van der Waals surface area contributed by atoms with E-state index in [0.717, 1.165) is 38.4 Å². The lowest BCUT2D eigenvalue weighted by molar-refractivity contribution is -0.138. The van der Waals surface area contributed by atoms with Crippen molar-refractivity contribution in [3.8, 4) is 23.0 Å². The van der Waals surface area contributed by atoms with E-state index in [1.165, 1.54) is 24.0 Å². The van der Waals surface area contributed by atoms with E-state index in [4.69, 9.17) is 20.3 Å². The van der Waals surface area contributed by atoms with E-state index in [2.05, 4.69) is 109 Å². The van der Waals surface area contributed by atoms with Gasteiger partial charge in [-0.15, -0.1) is 0 Å². The standard InChI is InChI=1S/C25H28O3.C15H11I4NO4/c1-25-14-13-20-19-10-8-18(28-24(27)16-5-3-2-4-6-16)15-17(19)7-9-21(20)22(25)11-12-23(25)26;16-8-4-7(5-9(17)13(8)21)24-14-10(18)1-6(2-11(14)19)3-12(20)15(22)23/h2-6,8,10,15,20-23,26H,7,9,11-14H2,1H3;1-2,4-5,12,21H,3,20H2,(H,22,23)/t20-,21-,22+,23+,25+;12-/m10/s1. The molecule has 0 aromatic heterocycles. The first-order valence-corrected chi connectivity index (χ1v) is 21.5. The number of benzene rings is 4. The van der Waals surface area contributed by atoms with Crippen molar-refractivity contribution in [3.63, 3.8) is 0 Å². The number of aliphatic hydroxyl groups excluding tert-OH is 1. The quantitative estimate of drug-likeness (QED) is 0.0816. The Labute approximate surface area is 358 Å². The van der Waals surface area contributed by atoms with Crippen LogP contribution in [0.1, 0.15) is 72.0 Å². The fraction of sp³-hybridized carbons (Fsp3) is 0.350. The van der Waals surface area contributed by atoms with Crippen LogP contribution in [0, 0.1) is 31.5 Å². The summed E-state index contributed by atoms with van der Waals surface area (Å²) in [6, 6.07) is 21.7. The molecule has 0 heterocycles. The van der Waals surface area contributed by atoms with E-state index < -0.39 is 12.0 Å². The topological polar surface area (TPSA) is 139 Å². The second-order valence-electron chi connectivity index (χ2n) is 14.0. The van der Waals surface area contributed by atoms with Crippen LogP contribution in [-0.2, 0) is 17.6 Å². The van der Waals surface area contributed by atoms with Crippen molar-refractivity contribution >= 4 is 102 Å². The molecule has 0 radical (unpaired) electrons. The Balaban J connectivity index is 0.000000181. The smallest absolute Gasteiger partial charge is 0.343 e. The molecule has 0 unspecified atom stereocenters. The second-order valence-corrected chi connectivity index (χ2v) is 18.7. The van der Waals surface area contributed by atoms with Gasteiger partial charge in [0.1, 0.15) is 23.3 Å².